The van der Waals surface area contributed by atoms with Gasteiger partial charge < -0.3 is 14.3 Å². The standard InChI is InChI=1S/C22H20N4O2/c27-22(19-13-16-9-4-5-11-18(16)23-19)26-12-6-10-17(14-26)21-25-24-20(28-21)15-7-2-1-3-8-15/h1-5,7-9,11,13,17,23H,6,10,12,14H2. The van der Waals surface area contributed by atoms with Crippen LogP contribution in [0.2, 0.25) is 0 Å². The minimum Gasteiger partial charge on any atom is -0.420 e. The highest BCUT2D eigenvalue weighted by Gasteiger charge is 2.29. The van der Waals surface area contributed by atoms with E-state index in [-0.39, 0.29) is 11.8 Å². The molecule has 0 bridgehead atoms. The van der Waals surface area contributed by atoms with E-state index >= 15 is 0 Å². The van der Waals surface area contributed by atoms with Crippen LogP contribution in [0.1, 0.15) is 35.1 Å². The molecule has 140 valence electrons. The lowest BCUT2D eigenvalue weighted by molar-refractivity contribution is 0.0693. The number of H-pyrrole nitrogens is 1. The maximum atomic E-state index is 13.0. The zero-order valence-corrected chi connectivity index (χ0v) is 15.3. The topological polar surface area (TPSA) is 75.0 Å². The fraction of sp³-hybridized carbons (Fsp3) is 0.227. The molecule has 0 radical (unpaired) electrons. The first kappa shape index (κ1) is 16.7. The number of hydrogen-bond acceptors (Lipinski definition) is 4. The van der Waals surface area contributed by atoms with Crippen molar-refractivity contribution in [3.8, 4) is 11.5 Å². The Kier molecular flexibility index (Phi) is 4.16. The fourth-order valence-electron chi connectivity index (χ4n) is 3.82. The molecule has 0 aliphatic carbocycles. The second-order valence-corrected chi connectivity index (χ2v) is 7.17. The van der Waals surface area contributed by atoms with Crippen LogP contribution in [0.3, 0.4) is 0 Å². The van der Waals surface area contributed by atoms with Gasteiger partial charge in [-0.2, -0.15) is 0 Å². The van der Waals surface area contributed by atoms with E-state index in [0.29, 0.717) is 24.0 Å². The third-order valence-electron chi connectivity index (χ3n) is 5.28. The van der Waals surface area contributed by atoms with Gasteiger partial charge in [-0.15, -0.1) is 10.2 Å². The van der Waals surface area contributed by atoms with Gasteiger partial charge in [0.25, 0.3) is 5.91 Å². The van der Waals surface area contributed by atoms with Gasteiger partial charge in [-0.1, -0.05) is 36.4 Å². The molecule has 0 saturated carbocycles. The van der Waals surface area contributed by atoms with E-state index < -0.39 is 0 Å². The Bertz CT molecular complexity index is 1080. The molecule has 1 atom stereocenters. The second kappa shape index (κ2) is 6.96. The minimum atomic E-state index is 0.0173. The highest BCUT2D eigenvalue weighted by Crippen LogP contribution is 2.29. The predicted molar refractivity (Wildman–Crippen MR) is 106 cm³/mol. The number of aromatic nitrogens is 3. The maximum Gasteiger partial charge on any atom is 0.270 e. The first-order valence-electron chi connectivity index (χ1n) is 9.54. The number of carbonyl (C=O) groups is 1. The molecule has 1 fully saturated rings. The van der Waals surface area contributed by atoms with Crippen molar-refractivity contribution in [3.05, 3.63) is 72.2 Å². The summed E-state index contributed by atoms with van der Waals surface area (Å²) in [6, 6.07) is 19.6. The summed E-state index contributed by atoms with van der Waals surface area (Å²) in [5.74, 6) is 1.21. The highest BCUT2D eigenvalue weighted by atomic mass is 16.4. The smallest absolute Gasteiger partial charge is 0.270 e. The van der Waals surface area contributed by atoms with Crippen molar-refractivity contribution >= 4 is 16.8 Å². The van der Waals surface area contributed by atoms with E-state index in [1.54, 1.807) is 0 Å². The van der Waals surface area contributed by atoms with Crippen molar-refractivity contribution in [1.29, 1.82) is 0 Å². The first-order chi connectivity index (χ1) is 13.8. The lowest BCUT2D eigenvalue weighted by atomic mass is 9.98. The number of benzene rings is 2. The van der Waals surface area contributed by atoms with Gasteiger partial charge in [-0.25, -0.2) is 0 Å². The van der Waals surface area contributed by atoms with Crippen molar-refractivity contribution in [2.45, 2.75) is 18.8 Å². The van der Waals surface area contributed by atoms with Gasteiger partial charge in [0.1, 0.15) is 5.69 Å². The number of piperidine rings is 1. The molecule has 28 heavy (non-hydrogen) atoms. The highest BCUT2D eigenvalue weighted by molar-refractivity contribution is 5.98. The Labute approximate surface area is 162 Å². The molecule has 3 heterocycles. The quantitative estimate of drug-likeness (QED) is 0.584. The van der Waals surface area contributed by atoms with Crippen LogP contribution in [0.25, 0.3) is 22.4 Å². The molecule has 6 heteroatoms. The SMILES string of the molecule is O=C(c1cc2ccccc2[nH]1)N1CCCC(c2nnc(-c3ccccc3)o2)C1. The van der Waals surface area contributed by atoms with Crippen LogP contribution in [-0.4, -0.2) is 39.1 Å². The third kappa shape index (κ3) is 3.07. The molecule has 1 amide bonds. The average Bonchev–Trinajstić information content (AvgIpc) is 3.41. The Hall–Kier alpha value is -3.41. The van der Waals surface area contributed by atoms with Gasteiger partial charge in [0.2, 0.25) is 11.8 Å². The molecule has 1 N–H and O–H groups in total. The zero-order chi connectivity index (χ0) is 18.9. The number of likely N-dealkylation sites (tertiary alicyclic amines) is 1. The van der Waals surface area contributed by atoms with Crippen LogP contribution >= 0.6 is 0 Å². The maximum absolute atomic E-state index is 13.0. The van der Waals surface area contributed by atoms with Gasteiger partial charge in [-0.3, -0.25) is 4.79 Å². The first-order valence-corrected chi connectivity index (χ1v) is 9.54. The number of hydrogen-bond donors (Lipinski definition) is 1. The van der Waals surface area contributed by atoms with Crippen molar-refractivity contribution in [3.63, 3.8) is 0 Å². The number of amides is 1. The minimum absolute atomic E-state index is 0.0173. The molecule has 2 aromatic heterocycles. The number of fused-ring (bicyclic) bond motifs is 1. The summed E-state index contributed by atoms with van der Waals surface area (Å²) >= 11 is 0. The van der Waals surface area contributed by atoms with E-state index in [1.807, 2.05) is 65.6 Å². The Morgan fingerprint density at radius 1 is 1.07 bits per heavy atom. The monoisotopic (exact) mass is 372 g/mol. The molecule has 1 unspecified atom stereocenters. The van der Waals surface area contributed by atoms with E-state index in [4.69, 9.17) is 4.42 Å². The molecule has 0 spiro atoms. The number of para-hydroxylation sites is 1. The lowest BCUT2D eigenvalue weighted by Gasteiger charge is -2.30. The van der Waals surface area contributed by atoms with E-state index in [9.17, 15) is 4.79 Å². The van der Waals surface area contributed by atoms with Gasteiger partial charge >= 0.3 is 0 Å². The fourth-order valence-corrected chi connectivity index (χ4v) is 3.82. The summed E-state index contributed by atoms with van der Waals surface area (Å²) in [5.41, 5.74) is 2.50. The Morgan fingerprint density at radius 3 is 2.75 bits per heavy atom. The molecule has 2 aromatic carbocycles. The van der Waals surface area contributed by atoms with E-state index in [2.05, 4.69) is 15.2 Å². The van der Waals surface area contributed by atoms with Crippen LogP contribution in [0.4, 0.5) is 0 Å². The van der Waals surface area contributed by atoms with Crippen LogP contribution in [-0.2, 0) is 0 Å². The molecule has 1 saturated heterocycles. The molecule has 5 rings (SSSR count). The zero-order valence-electron chi connectivity index (χ0n) is 15.3. The van der Waals surface area contributed by atoms with Gasteiger partial charge in [-0.05, 0) is 37.1 Å². The Morgan fingerprint density at radius 2 is 1.89 bits per heavy atom. The largest absolute Gasteiger partial charge is 0.420 e. The molecular weight excluding hydrogens is 352 g/mol. The Balaban J connectivity index is 1.35. The van der Waals surface area contributed by atoms with Crippen LogP contribution in [0.15, 0.2) is 65.1 Å². The number of rotatable bonds is 3. The molecule has 1 aliphatic rings. The summed E-state index contributed by atoms with van der Waals surface area (Å²) < 4.78 is 5.92. The molecule has 6 nitrogen and oxygen atoms in total. The number of carbonyl (C=O) groups excluding carboxylic acids is 1. The van der Waals surface area contributed by atoms with Crippen LogP contribution in [0.5, 0.6) is 0 Å². The van der Waals surface area contributed by atoms with Gasteiger partial charge in [0, 0.05) is 29.6 Å². The summed E-state index contributed by atoms with van der Waals surface area (Å²) in [7, 11) is 0. The summed E-state index contributed by atoms with van der Waals surface area (Å²) in [6.45, 7) is 1.33. The third-order valence-corrected chi connectivity index (χ3v) is 5.28. The average molecular weight is 372 g/mol. The van der Waals surface area contributed by atoms with E-state index in [0.717, 1.165) is 35.9 Å². The number of nitrogens with zero attached hydrogens (tertiary/aromatic N) is 3. The summed E-state index contributed by atoms with van der Waals surface area (Å²) in [4.78, 5) is 18.1. The van der Waals surface area contributed by atoms with Gasteiger partial charge in [0.15, 0.2) is 0 Å². The molecule has 4 aromatic rings. The normalized spacial score (nSPS) is 17.1. The van der Waals surface area contributed by atoms with Crippen molar-refractivity contribution in [2.75, 3.05) is 13.1 Å². The van der Waals surface area contributed by atoms with Crippen molar-refractivity contribution < 1.29 is 9.21 Å². The van der Waals surface area contributed by atoms with Gasteiger partial charge in [0.05, 0.1) is 5.92 Å². The second-order valence-electron chi connectivity index (χ2n) is 7.17. The summed E-state index contributed by atoms with van der Waals surface area (Å²) in [5, 5.41) is 9.49. The van der Waals surface area contributed by atoms with Crippen molar-refractivity contribution in [2.24, 2.45) is 0 Å². The van der Waals surface area contributed by atoms with Crippen molar-refractivity contribution in [1.82, 2.24) is 20.1 Å². The molecular formula is C22H20N4O2. The summed E-state index contributed by atoms with van der Waals surface area (Å²) in [6.07, 6.45) is 1.85. The van der Waals surface area contributed by atoms with Crippen LogP contribution in [0, 0.1) is 0 Å². The van der Waals surface area contributed by atoms with Crippen LogP contribution < -0.4 is 0 Å². The predicted octanol–water partition coefficient (Wildman–Crippen LogP) is 4.24. The number of nitrogens with one attached hydrogen (secondary N) is 1. The van der Waals surface area contributed by atoms with E-state index in [1.165, 1.54) is 0 Å². The number of aromatic amines is 1. The molecule has 1 aliphatic heterocycles. The lowest BCUT2D eigenvalue weighted by Crippen LogP contribution is -2.39.